The molecule has 0 aliphatic heterocycles. The summed E-state index contributed by atoms with van der Waals surface area (Å²) in [6.07, 6.45) is 5.77. The average molecular weight is 284 g/mol. The smallest absolute Gasteiger partial charge is 0.224 e. The van der Waals surface area contributed by atoms with Crippen LogP contribution in [0.5, 0.6) is 5.75 Å². The number of pyridine rings is 1. The molecule has 1 amide bonds. The Kier molecular flexibility index (Phi) is 5.76. The summed E-state index contributed by atoms with van der Waals surface area (Å²) in [4.78, 5) is 15.9. The molecule has 0 atom stereocenters. The van der Waals surface area contributed by atoms with Crippen LogP contribution < -0.4 is 10.1 Å². The van der Waals surface area contributed by atoms with E-state index in [4.69, 9.17) is 4.74 Å². The SMILES string of the molecule is CCOc1ccc(NC(=O)CCCc2cccnc2)cc1. The summed E-state index contributed by atoms with van der Waals surface area (Å²) >= 11 is 0. The zero-order valence-corrected chi connectivity index (χ0v) is 12.2. The first-order chi connectivity index (χ1) is 10.3. The second-order valence-corrected chi connectivity index (χ2v) is 4.72. The minimum Gasteiger partial charge on any atom is -0.494 e. The second kappa shape index (κ2) is 8.04. The van der Waals surface area contributed by atoms with Crippen LogP contribution >= 0.6 is 0 Å². The highest BCUT2D eigenvalue weighted by Crippen LogP contribution is 2.16. The minimum atomic E-state index is 0.0306. The van der Waals surface area contributed by atoms with Crippen molar-refractivity contribution >= 4 is 11.6 Å². The van der Waals surface area contributed by atoms with E-state index >= 15 is 0 Å². The summed E-state index contributed by atoms with van der Waals surface area (Å²) in [7, 11) is 0. The fourth-order valence-corrected chi connectivity index (χ4v) is 2.02. The molecular formula is C17H20N2O2. The Bertz CT molecular complexity index is 553. The van der Waals surface area contributed by atoms with Gasteiger partial charge in [-0.05, 0) is 55.7 Å². The van der Waals surface area contributed by atoms with Crippen LogP contribution in [-0.4, -0.2) is 17.5 Å². The molecule has 21 heavy (non-hydrogen) atoms. The number of hydrogen-bond donors (Lipinski definition) is 1. The Morgan fingerprint density at radius 2 is 2.05 bits per heavy atom. The number of carbonyl (C=O) groups excluding carboxylic acids is 1. The zero-order chi connectivity index (χ0) is 14.9. The predicted octanol–water partition coefficient (Wildman–Crippen LogP) is 3.44. The number of carbonyl (C=O) groups is 1. The number of rotatable bonds is 7. The third-order valence-electron chi connectivity index (χ3n) is 3.04. The fourth-order valence-electron chi connectivity index (χ4n) is 2.02. The van der Waals surface area contributed by atoms with E-state index in [-0.39, 0.29) is 5.91 Å². The second-order valence-electron chi connectivity index (χ2n) is 4.72. The highest BCUT2D eigenvalue weighted by Gasteiger charge is 2.03. The van der Waals surface area contributed by atoms with Gasteiger partial charge in [0.1, 0.15) is 5.75 Å². The van der Waals surface area contributed by atoms with Gasteiger partial charge in [0, 0.05) is 24.5 Å². The number of aromatic nitrogens is 1. The minimum absolute atomic E-state index is 0.0306. The fraction of sp³-hybridized carbons (Fsp3) is 0.294. The maximum atomic E-state index is 11.9. The molecule has 2 rings (SSSR count). The molecule has 2 aromatic rings. The summed E-state index contributed by atoms with van der Waals surface area (Å²) in [6, 6.07) is 11.4. The number of nitrogens with one attached hydrogen (secondary N) is 1. The topological polar surface area (TPSA) is 51.2 Å². The van der Waals surface area contributed by atoms with E-state index in [9.17, 15) is 4.79 Å². The monoisotopic (exact) mass is 284 g/mol. The largest absolute Gasteiger partial charge is 0.494 e. The van der Waals surface area contributed by atoms with Crippen molar-refractivity contribution in [3.63, 3.8) is 0 Å². The van der Waals surface area contributed by atoms with Crippen molar-refractivity contribution in [1.29, 1.82) is 0 Å². The van der Waals surface area contributed by atoms with Gasteiger partial charge in [-0.3, -0.25) is 9.78 Å². The van der Waals surface area contributed by atoms with E-state index in [1.165, 1.54) is 0 Å². The lowest BCUT2D eigenvalue weighted by Gasteiger charge is -2.07. The maximum Gasteiger partial charge on any atom is 0.224 e. The van der Waals surface area contributed by atoms with Crippen molar-refractivity contribution in [1.82, 2.24) is 4.98 Å². The van der Waals surface area contributed by atoms with E-state index in [0.717, 1.165) is 29.8 Å². The molecule has 1 aromatic heterocycles. The standard InChI is InChI=1S/C17H20N2O2/c1-2-21-16-10-8-15(9-11-16)19-17(20)7-3-5-14-6-4-12-18-13-14/h4,6,8-13H,2-3,5,7H2,1H3,(H,19,20). The molecule has 1 heterocycles. The lowest BCUT2D eigenvalue weighted by Crippen LogP contribution is -2.11. The summed E-state index contributed by atoms with van der Waals surface area (Å²) in [5.74, 6) is 0.843. The van der Waals surface area contributed by atoms with Crippen molar-refractivity contribution in [3.05, 3.63) is 54.4 Å². The van der Waals surface area contributed by atoms with E-state index < -0.39 is 0 Å². The summed E-state index contributed by atoms with van der Waals surface area (Å²) in [5, 5.41) is 2.89. The molecule has 4 heteroatoms. The van der Waals surface area contributed by atoms with E-state index in [2.05, 4.69) is 10.3 Å². The molecule has 4 nitrogen and oxygen atoms in total. The van der Waals surface area contributed by atoms with Crippen LogP contribution in [0.3, 0.4) is 0 Å². The van der Waals surface area contributed by atoms with E-state index in [1.54, 1.807) is 6.20 Å². The van der Waals surface area contributed by atoms with Crippen LogP contribution in [0.2, 0.25) is 0 Å². The van der Waals surface area contributed by atoms with Gasteiger partial charge in [-0.25, -0.2) is 0 Å². The molecule has 0 saturated carbocycles. The van der Waals surface area contributed by atoms with Gasteiger partial charge in [-0.1, -0.05) is 6.07 Å². The number of hydrogen-bond acceptors (Lipinski definition) is 3. The third kappa shape index (κ3) is 5.26. The first-order valence-electron chi connectivity index (χ1n) is 7.19. The number of benzene rings is 1. The van der Waals surface area contributed by atoms with Crippen molar-refractivity contribution in [2.45, 2.75) is 26.2 Å². The molecule has 0 unspecified atom stereocenters. The molecular weight excluding hydrogens is 264 g/mol. The van der Waals surface area contributed by atoms with Crippen LogP contribution in [0.15, 0.2) is 48.8 Å². The maximum absolute atomic E-state index is 11.9. The number of ether oxygens (including phenoxy) is 1. The molecule has 0 saturated heterocycles. The molecule has 0 bridgehead atoms. The van der Waals surface area contributed by atoms with Gasteiger partial charge in [0.25, 0.3) is 0 Å². The highest BCUT2D eigenvalue weighted by atomic mass is 16.5. The number of amides is 1. The Morgan fingerprint density at radius 3 is 2.71 bits per heavy atom. The van der Waals surface area contributed by atoms with Crippen LogP contribution in [0.4, 0.5) is 5.69 Å². The van der Waals surface area contributed by atoms with E-state index in [1.807, 2.05) is 49.5 Å². The van der Waals surface area contributed by atoms with Crippen LogP contribution in [0.25, 0.3) is 0 Å². The number of nitrogens with zero attached hydrogens (tertiary/aromatic N) is 1. The van der Waals surface area contributed by atoms with Crippen LogP contribution in [-0.2, 0) is 11.2 Å². The molecule has 1 N–H and O–H groups in total. The molecule has 0 aliphatic carbocycles. The van der Waals surface area contributed by atoms with Gasteiger partial charge in [0.05, 0.1) is 6.61 Å². The first-order valence-corrected chi connectivity index (χ1v) is 7.19. The summed E-state index contributed by atoms with van der Waals surface area (Å²) in [6.45, 7) is 2.58. The highest BCUT2D eigenvalue weighted by molar-refractivity contribution is 5.90. The number of aryl methyl sites for hydroxylation is 1. The van der Waals surface area contributed by atoms with Gasteiger partial charge in [-0.15, -0.1) is 0 Å². The Morgan fingerprint density at radius 1 is 1.24 bits per heavy atom. The lowest BCUT2D eigenvalue weighted by atomic mass is 10.1. The first kappa shape index (κ1) is 15.0. The molecule has 0 aliphatic rings. The quantitative estimate of drug-likeness (QED) is 0.847. The molecule has 0 spiro atoms. The predicted molar refractivity (Wildman–Crippen MR) is 83.4 cm³/mol. The molecule has 110 valence electrons. The Labute approximate surface area is 125 Å². The van der Waals surface area contributed by atoms with Crippen molar-refractivity contribution < 1.29 is 9.53 Å². The van der Waals surface area contributed by atoms with Crippen LogP contribution in [0, 0.1) is 0 Å². The Hall–Kier alpha value is -2.36. The van der Waals surface area contributed by atoms with Crippen LogP contribution in [0.1, 0.15) is 25.3 Å². The van der Waals surface area contributed by atoms with Crippen molar-refractivity contribution in [2.75, 3.05) is 11.9 Å². The van der Waals surface area contributed by atoms with E-state index in [0.29, 0.717) is 13.0 Å². The summed E-state index contributed by atoms with van der Waals surface area (Å²) < 4.78 is 5.36. The Balaban J connectivity index is 1.74. The van der Waals surface area contributed by atoms with Gasteiger partial charge < -0.3 is 10.1 Å². The van der Waals surface area contributed by atoms with Gasteiger partial charge in [-0.2, -0.15) is 0 Å². The van der Waals surface area contributed by atoms with Gasteiger partial charge in [0.15, 0.2) is 0 Å². The summed E-state index contributed by atoms with van der Waals surface area (Å²) in [5.41, 5.74) is 1.95. The van der Waals surface area contributed by atoms with Crippen molar-refractivity contribution in [3.8, 4) is 5.75 Å². The molecule has 0 fully saturated rings. The lowest BCUT2D eigenvalue weighted by molar-refractivity contribution is -0.116. The molecule has 0 radical (unpaired) electrons. The normalized spacial score (nSPS) is 10.1. The zero-order valence-electron chi connectivity index (χ0n) is 12.2. The van der Waals surface area contributed by atoms with Crippen molar-refractivity contribution in [2.24, 2.45) is 0 Å². The van der Waals surface area contributed by atoms with Gasteiger partial charge >= 0.3 is 0 Å². The third-order valence-corrected chi connectivity index (χ3v) is 3.04. The number of anilines is 1. The molecule has 1 aromatic carbocycles. The van der Waals surface area contributed by atoms with Gasteiger partial charge in [0.2, 0.25) is 5.91 Å². The average Bonchev–Trinajstić information content (AvgIpc) is 2.51.